The van der Waals surface area contributed by atoms with Crippen LogP contribution in [0.1, 0.15) is 61.0 Å². The van der Waals surface area contributed by atoms with E-state index in [2.05, 4.69) is 20.6 Å². The summed E-state index contributed by atoms with van der Waals surface area (Å²) < 4.78 is 53.8. The number of likely N-dealkylation sites (tertiary alicyclic amines) is 1. The summed E-state index contributed by atoms with van der Waals surface area (Å²) in [6, 6.07) is 12.6. The van der Waals surface area contributed by atoms with Gasteiger partial charge in [-0.15, -0.1) is 0 Å². The number of carbonyl (C=O) groups excluding carboxylic acids is 1. The quantitative estimate of drug-likeness (QED) is 0.215. The molecule has 1 fully saturated rings. The molecule has 0 atom stereocenters. The fourth-order valence-electron chi connectivity index (χ4n) is 4.97. The van der Waals surface area contributed by atoms with Gasteiger partial charge in [-0.05, 0) is 55.5 Å². The van der Waals surface area contributed by atoms with E-state index in [0.717, 1.165) is 12.8 Å². The van der Waals surface area contributed by atoms with Crippen LogP contribution >= 0.6 is 7.60 Å². The number of nitrogens with zero attached hydrogens (tertiary/aromatic N) is 3. The summed E-state index contributed by atoms with van der Waals surface area (Å²) in [5.41, 5.74) is 0.180. The van der Waals surface area contributed by atoms with Gasteiger partial charge in [-0.25, -0.2) is 4.98 Å². The molecule has 214 valence electrons. The molecule has 13 heteroatoms. The molecule has 1 amide bonds. The van der Waals surface area contributed by atoms with E-state index in [4.69, 9.17) is 0 Å². The fourth-order valence-corrected chi connectivity index (χ4v) is 6.28. The Balaban J connectivity index is 1.64. The zero-order chi connectivity index (χ0) is 29.1. The van der Waals surface area contributed by atoms with E-state index in [1.54, 1.807) is 61.2 Å². The summed E-state index contributed by atoms with van der Waals surface area (Å²) in [7, 11) is -4.48. The molecule has 1 aromatic heterocycles. The number of halogens is 3. The Hall–Kier alpha value is -3.47. The minimum atomic E-state index is -4.76. The second kappa shape index (κ2) is 11.6. The summed E-state index contributed by atoms with van der Waals surface area (Å²) in [5, 5.41) is 4.20. The molecule has 3 aromatic rings. The maximum Gasteiger partial charge on any atom is 0.421 e. The molecule has 40 heavy (non-hydrogen) atoms. The largest absolute Gasteiger partial charge is 0.421 e. The average molecular weight is 578 g/mol. The Morgan fingerprint density at radius 2 is 1.62 bits per heavy atom. The summed E-state index contributed by atoms with van der Waals surface area (Å²) >= 11 is 0. The topological polar surface area (TPSA) is 128 Å². The SMILES string of the molecule is CCC(CC)(c1ccc(Nc2ncc(C(F)(F)F)c(Nc3ccccc3C(=O)N3CCCC3)n2)cc1)P(=O)(O)O. The number of nitrogens with one attached hydrogen (secondary N) is 2. The molecule has 4 N–H and O–H groups in total. The second-order valence-corrected chi connectivity index (χ2v) is 11.6. The number of rotatable bonds is 9. The first-order chi connectivity index (χ1) is 18.9. The summed E-state index contributed by atoms with van der Waals surface area (Å²) in [6.07, 6.45) is -1.91. The number of carbonyl (C=O) groups is 1. The number of anilines is 4. The Morgan fingerprint density at radius 3 is 2.20 bits per heavy atom. The van der Waals surface area contributed by atoms with E-state index in [-0.39, 0.29) is 35.9 Å². The maximum atomic E-state index is 13.9. The van der Waals surface area contributed by atoms with Crippen molar-refractivity contribution in [2.24, 2.45) is 0 Å². The summed E-state index contributed by atoms with van der Waals surface area (Å²) in [6.45, 7) is 4.59. The number of para-hydroxylation sites is 1. The molecule has 0 saturated carbocycles. The minimum Gasteiger partial charge on any atom is -0.339 e. The van der Waals surface area contributed by atoms with E-state index < -0.39 is 30.3 Å². The first-order valence-corrected chi connectivity index (χ1v) is 14.5. The average Bonchev–Trinajstić information content (AvgIpc) is 3.44. The molecule has 0 bridgehead atoms. The van der Waals surface area contributed by atoms with Crippen molar-refractivity contribution in [3.63, 3.8) is 0 Å². The van der Waals surface area contributed by atoms with Crippen molar-refractivity contribution in [2.75, 3.05) is 23.7 Å². The lowest BCUT2D eigenvalue weighted by molar-refractivity contribution is -0.137. The molecule has 1 aliphatic rings. The number of aromatic nitrogens is 2. The van der Waals surface area contributed by atoms with E-state index in [1.807, 2.05) is 0 Å². The Labute approximate surface area is 230 Å². The number of hydrogen-bond acceptors (Lipinski definition) is 6. The molecular formula is C27H31F3N5O4P. The normalized spacial score (nSPS) is 14.3. The molecule has 0 unspecified atom stereocenters. The third kappa shape index (κ3) is 5.99. The van der Waals surface area contributed by atoms with E-state index in [9.17, 15) is 32.3 Å². The second-order valence-electron chi connectivity index (χ2n) is 9.61. The molecule has 9 nitrogen and oxygen atoms in total. The predicted octanol–water partition coefficient (Wildman–Crippen LogP) is 6.41. The van der Waals surface area contributed by atoms with Crippen molar-refractivity contribution in [2.45, 2.75) is 50.9 Å². The third-order valence-electron chi connectivity index (χ3n) is 7.30. The van der Waals surface area contributed by atoms with Crippen LogP contribution in [0.2, 0.25) is 0 Å². The third-order valence-corrected chi connectivity index (χ3v) is 9.31. The van der Waals surface area contributed by atoms with Crippen molar-refractivity contribution in [1.82, 2.24) is 14.9 Å². The first-order valence-electron chi connectivity index (χ1n) is 12.9. The van der Waals surface area contributed by atoms with Crippen LogP contribution in [0.3, 0.4) is 0 Å². The summed E-state index contributed by atoms with van der Waals surface area (Å²) in [4.78, 5) is 42.6. The van der Waals surface area contributed by atoms with Gasteiger partial charge in [0.2, 0.25) is 5.95 Å². The molecule has 0 spiro atoms. The number of hydrogen-bond donors (Lipinski definition) is 4. The number of benzene rings is 2. The van der Waals surface area contributed by atoms with Crippen LogP contribution in [0.25, 0.3) is 0 Å². The lowest BCUT2D eigenvalue weighted by Gasteiger charge is -2.33. The van der Waals surface area contributed by atoms with Gasteiger partial charge in [0.25, 0.3) is 5.91 Å². The van der Waals surface area contributed by atoms with Crippen LogP contribution in [0.15, 0.2) is 54.7 Å². The maximum absolute atomic E-state index is 13.9. The van der Waals surface area contributed by atoms with E-state index in [0.29, 0.717) is 30.5 Å². The lowest BCUT2D eigenvalue weighted by Crippen LogP contribution is -2.28. The van der Waals surface area contributed by atoms with Gasteiger partial charge in [0.15, 0.2) is 0 Å². The Kier molecular flexibility index (Phi) is 8.53. The molecule has 2 aromatic carbocycles. The van der Waals surface area contributed by atoms with Gasteiger partial charge in [-0.2, -0.15) is 18.2 Å². The summed E-state index contributed by atoms with van der Waals surface area (Å²) in [5.74, 6) is -0.938. The van der Waals surface area contributed by atoms with Crippen molar-refractivity contribution >= 4 is 36.6 Å². The van der Waals surface area contributed by atoms with Crippen LogP contribution in [-0.2, 0) is 15.9 Å². The Bertz CT molecular complexity index is 1400. The van der Waals surface area contributed by atoms with Crippen LogP contribution < -0.4 is 10.6 Å². The van der Waals surface area contributed by atoms with Crippen LogP contribution in [0.4, 0.5) is 36.3 Å². The van der Waals surface area contributed by atoms with Crippen LogP contribution in [0, 0.1) is 0 Å². The molecule has 0 aliphatic carbocycles. The monoisotopic (exact) mass is 577 g/mol. The van der Waals surface area contributed by atoms with E-state index in [1.165, 1.54) is 6.07 Å². The van der Waals surface area contributed by atoms with Gasteiger partial charge in [-0.3, -0.25) is 9.36 Å². The van der Waals surface area contributed by atoms with Gasteiger partial charge in [0, 0.05) is 25.0 Å². The highest BCUT2D eigenvalue weighted by molar-refractivity contribution is 7.53. The highest BCUT2D eigenvalue weighted by atomic mass is 31.2. The van der Waals surface area contributed by atoms with Gasteiger partial charge >= 0.3 is 13.8 Å². The fraction of sp³-hybridized carbons (Fsp3) is 0.370. The van der Waals surface area contributed by atoms with Crippen molar-refractivity contribution < 1.29 is 32.3 Å². The first kappa shape index (κ1) is 29.5. The zero-order valence-corrected chi connectivity index (χ0v) is 23.0. The lowest BCUT2D eigenvalue weighted by atomic mass is 9.92. The van der Waals surface area contributed by atoms with Gasteiger partial charge in [-0.1, -0.05) is 38.1 Å². The highest BCUT2D eigenvalue weighted by Gasteiger charge is 2.45. The molecule has 4 rings (SSSR count). The van der Waals surface area contributed by atoms with Gasteiger partial charge < -0.3 is 25.3 Å². The molecular weight excluding hydrogens is 546 g/mol. The standard InChI is InChI=1S/C27H31F3N5O4P/c1-3-26(4-2,40(37,38)39)18-11-13-19(14-12-18)32-25-31-17-21(27(28,29)30)23(34-25)33-22-10-6-5-9-20(22)24(36)35-15-7-8-16-35/h5-6,9-14,17H,3-4,7-8,15-16H2,1-2H3,(H2,37,38,39)(H2,31,32,33,34). The van der Waals surface area contributed by atoms with Gasteiger partial charge in [0.1, 0.15) is 11.4 Å². The number of alkyl halides is 3. The number of amides is 1. The van der Waals surface area contributed by atoms with Crippen LogP contribution in [-0.4, -0.2) is 43.7 Å². The van der Waals surface area contributed by atoms with E-state index >= 15 is 0 Å². The van der Waals surface area contributed by atoms with Crippen LogP contribution in [0.5, 0.6) is 0 Å². The smallest absolute Gasteiger partial charge is 0.339 e. The molecule has 1 aliphatic heterocycles. The Morgan fingerprint density at radius 1 is 1.00 bits per heavy atom. The van der Waals surface area contributed by atoms with Crippen molar-refractivity contribution in [3.8, 4) is 0 Å². The zero-order valence-electron chi connectivity index (χ0n) is 22.1. The molecule has 1 saturated heterocycles. The molecule has 0 radical (unpaired) electrons. The highest BCUT2D eigenvalue weighted by Crippen LogP contribution is 2.60. The minimum absolute atomic E-state index is 0.140. The van der Waals surface area contributed by atoms with Gasteiger partial charge in [0.05, 0.1) is 16.4 Å². The van der Waals surface area contributed by atoms with Crippen molar-refractivity contribution in [1.29, 1.82) is 0 Å². The predicted molar refractivity (Wildman–Crippen MR) is 146 cm³/mol. The molecule has 2 heterocycles. The van der Waals surface area contributed by atoms with Crippen molar-refractivity contribution in [3.05, 3.63) is 71.4 Å².